The van der Waals surface area contributed by atoms with Crippen LogP contribution in [0.25, 0.3) is 0 Å². The second-order valence-corrected chi connectivity index (χ2v) is 10.2. The van der Waals surface area contributed by atoms with Crippen molar-refractivity contribution in [3.8, 4) is 0 Å². The highest BCUT2D eigenvalue weighted by atomic mass is 14.3. The molecule has 0 aliphatic heterocycles. The molecule has 0 bridgehead atoms. The molecule has 0 heteroatoms. The molecule has 0 fully saturated rings. The predicted octanol–water partition coefficient (Wildman–Crippen LogP) is 11.4. The van der Waals surface area contributed by atoms with Crippen LogP contribution >= 0.6 is 0 Å². The summed E-state index contributed by atoms with van der Waals surface area (Å²) >= 11 is 0. The van der Waals surface area contributed by atoms with Gasteiger partial charge in [-0.25, -0.2) is 0 Å². The highest BCUT2D eigenvalue weighted by Gasteiger charge is 2.27. The summed E-state index contributed by atoms with van der Waals surface area (Å²) in [5, 5.41) is 0. The Bertz CT molecular complexity index is 262. The molecule has 0 radical (unpaired) electrons. The largest absolute Gasteiger partial charge is 0.0654 e. The van der Waals surface area contributed by atoms with E-state index in [1.54, 1.807) is 0 Å². The first-order valence-electron chi connectivity index (χ1n) is 14.2. The SMILES string of the molecule is CCCCCCCCCCCC(CCC)(CCC)CCCCCCCCCCC. The average molecular weight is 409 g/mol. The van der Waals surface area contributed by atoms with Gasteiger partial charge in [0.25, 0.3) is 0 Å². The smallest absolute Gasteiger partial charge is 0.0298 e. The van der Waals surface area contributed by atoms with E-state index in [0.29, 0.717) is 5.41 Å². The topological polar surface area (TPSA) is 0 Å². The minimum Gasteiger partial charge on any atom is -0.0654 e. The molecule has 0 saturated heterocycles. The fourth-order valence-corrected chi connectivity index (χ4v) is 5.43. The first-order chi connectivity index (χ1) is 14.2. The summed E-state index contributed by atoms with van der Waals surface area (Å²) in [7, 11) is 0. The molecule has 0 aromatic carbocycles. The Morgan fingerprint density at radius 2 is 0.552 bits per heavy atom. The van der Waals surface area contributed by atoms with Gasteiger partial charge >= 0.3 is 0 Å². The molecule has 29 heavy (non-hydrogen) atoms. The number of rotatable bonds is 24. The maximum absolute atomic E-state index is 2.41. The molecular weight excluding hydrogens is 348 g/mol. The van der Waals surface area contributed by atoms with Crippen molar-refractivity contribution in [3.05, 3.63) is 0 Å². The summed E-state index contributed by atoms with van der Waals surface area (Å²) in [4.78, 5) is 0. The third-order valence-electron chi connectivity index (χ3n) is 7.18. The summed E-state index contributed by atoms with van der Waals surface area (Å²) in [5.41, 5.74) is 0.686. The van der Waals surface area contributed by atoms with Crippen LogP contribution in [0.2, 0.25) is 0 Å². The van der Waals surface area contributed by atoms with Gasteiger partial charge in [-0.3, -0.25) is 0 Å². The van der Waals surface area contributed by atoms with E-state index in [1.165, 1.54) is 154 Å². The van der Waals surface area contributed by atoms with Crippen molar-refractivity contribution in [2.45, 2.75) is 182 Å². The van der Waals surface area contributed by atoms with Gasteiger partial charge in [0.05, 0.1) is 0 Å². The molecule has 0 aromatic heterocycles. The van der Waals surface area contributed by atoms with Gasteiger partial charge in [0.2, 0.25) is 0 Å². The van der Waals surface area contributed by atoms with Gasteiger partial charge in [-0.2, -0.15) is 0 Å². The predicted molar refractivity (Wildman–Crippen MR) is 136 cm³/mol. The maximum atomic E-state index is 2.41. The third-order valence-corrected chi connectivity index (χ3v) is 7.18. The lowest BCUT2D eigenvalue weighted by atomic mass is 9.71. The summed E-state index contributed by atoms with van der Waals surface area (Å²) in [6, 6.07) is 0. The zero-order valence-corrected chi connectivity index (χ0v) is 21.5. The lowest BCUT2D eigenvalue weighted by Gasteiger charge is -2.34. The van der Waals surface area contributed by atoms with E-state index < -0.39 is 0 Å². The van der Waals surface area contributed by atoms with Crippen LogP contribution in [0.1, 0.15) is 182 Å². The summed E-state index contributed by atoms with van der Waals surface area (Å²) < 4.78 is 0. The van der Waals surface area contributed by atoms with Crippen molar-refractivity contribution >= 4 is 0 Å². The fourth-order valence-electron chi connectivity index (χ4n) is 5.43. The zero-order chi connectivity index (χ0) is 21.5. The molecule has 0 rings (SSSR count). The van der Waals surface area contributed by atoms with E-state index in [1.807, 2.05) is 0 Å². The van der Waals surface area contributed by atoms with Crippen LogP contribution in [0.4, 0.5) is 0 Å². The van der Waals surface area contributed by atoms with Gasteiger partial charge < -0.3 is 0 Å². The molecule has 0 saturated carbocycles. The molecule has 0 unspecified atom stereocenters. The molecule has 176 valence electrons. The standard InChI is InChI=1S/C29H60/c1-5-9-11-13-15-17-19-21-23-27-29(25-7-3,26-8-4)28-24-22-20-18-16-14-12-10-6-2/h5-28H2,1-4H3. The second kappa shape index (κ2) is 22.7. The maximum Gasteiger partial charge on any atom is -0.0298 e. The average Bonchev–Trinajstić information content (AvgIpc) is 2.72. The van der Waals surface area contributed by atoms with Crippen LogP contribution < -0.4 is 0 Å². The molecule has 0 aliphatic rings. The van der Waals surface area contributed by atoms with Crippen LogP contribution in [-0.4, -0.2) is 0 Å². The van der Waals surface area contributed by atoms with E-state index in [-0.39, 0.29) is 0 Å². The molecule has 0 nitrogen and oxygen atoms in total. The fraction of sp³-hybridized carbons (Fsp3) is 1.00. The molecule has 0 aromatic rings. The molecule has 0 atom stereocenters. The van der Waals surface area contributed by atoms with E-state index in [0.717, 1.165) is 0 Å². The number of hydrogen-bond acceptors (Lipinski definition) is 0. The van der Waals surface area contributed by atoms with Gasteiger partial charge in [0.1, 0.15) is 0 Å². The minimum atomic E-state index is 0.686. The van der Waals surface area contributed by atoms with Crippen molar-refractivity contribution in [1.82, 2.24) is 0 Å². The van der Waals surface area contributed by atoms with E-state index in [9.17, 15) is 0 Å². The summed E-state index contributed by atoms with van der Waals surface area (Å²) in [5.74, 6) is 0. The quantitative estimate of drug-likeness (QED) is 0.139. The number of hydrogen-bond donors (Lipinski definition) is 0. The van der Waals surface area contributed by atoms with E-state index in [4.69, 9.17) is 0 Å². The van der Waals surface area contributed by atoms with Crippen molar-refractivity contribution < 1.29 is 0 Å². The summed E-state index contributed by atoms with van der Waals surface area (Å²) in [6.45, 7) is 9.45. The number of unbranched alkanes of at least 4 members (excludes halogenated alkanes) is 16. The van der Waals surface area contributed by atoms with Crippen molar-refractivity contribution in [3.63, 3.8) is 0 Å². The Morgan fingerprint density at radius 1 is 0.276 bits per heavy atom. The van der Waals surface area contributed by atoms with Gasteiger partial charge in [-0.1, -0.05) is 156 Å². The highest BCUT2D eigenvalue weighted by molar-refractivity contribution is 4.79. The first-order valence-corrected chi connectivity index (χ1v) is 14.2. The van der Waals surface area contributed by atoms with E-state index in [2.05, 4.69) is 27.7 Å². The van der Waals surface area contributed by atoms with Crippen LogP contribution in [-0.2, 0) is 0 Å². The van der Waals surface area contributed by atoms with E-state index >= 15 is 0 Å². The van der Waals surface area contributed by atoms with Crippen LogP contribution in [0, 0.1) is 5.41 Å². The van der Waals surface area contributed by atoms with Crippen LogP contribution in [0.15, 0.2) is 0 Å². The Morgan fingerprint density at radius 3 is 0.828 bits per heavy atom. The molecule has 0 heterocycles. The highest BCUT2D eigenvalue weighted by Crippen LogP contribution is 2.41. The van der Waals surface area contributed by atoms with Crippen molar-refractivity contribution in [1.29, 1.82) is 0 Å². The summed E-state index contributed by atoms with van der Waals surface area (Å²) in [6.07, 6.45) is 35.1. The lowest BCUT2D eigenvalue weighted by molar-refractivity contribution is 0.180. The second-order valence-electron chi connectivity index (χ2n) is 10.2. The first kappa shape index (κ1) is 29.0. The molecular formula is C29H60. The minimum absolute atomic E-state index is 0.686. The molecule has 0 amide bonds. The zero-order valence-electron chi connectivity index (χ0n) is 21.5. The normalized spacial score (nSPS) is 12.0. The van der Waals surface area contributed by atoms with Crippen LogP contribution in [0.3, 0.4) is 0 Å². The Labute approximate surface area is 187 Å². The monoisotopic (exact) mass is 408 g/mol. The lowest BCUT2D eigenvalue weighted by Crippen LogP contribution is -2.21. The third kappa shape index (κ3) is 18.5. The molecule has 0 aliphatic carbocycles. The van der Waals surface area contributed by atoms with Crippen LogP contribution in [0.5, 0.6) is 0 Å². The molecule has 0 spiro atoms. The van der Waals surface area contributed by atoms with Gasteiger partial charge in [-0.05, 0) is 31.1 Å². The van der Waals surface area contributed by atoms with Crippen molar-refractivity contribution in [2.24, 2.45) is 5.41 Å². The van der Waals surface area contributed by atoms with Gasteiger partial charge in [0, 0.05) is 0 Å². The van der Waals surface area contributed by atoms with Crippen molar-refractivity contribution in [2.75, 3.05) is 0 Å². The van der Waals surface area contributed by atoms with Gasteiger partial charge in [0.15, 0.2) is 0 Å². The Kier molecular flexibility index (Phi) is 22.7. The Hall–Kier alpha value is 0. The molecule has 0 N–H and O–H groups in total. The Balaban J connectivity index is 3.96. The van der Waals surface area contributed by atoms with Gasteiger partial charge in [-0.15, -0.1) is 0 Å².